The SMILES string of the molecule is CCN(c1ccccc1OC)S(=O)(=O)c1ccc(Cl)c(-n2c(=O)[nH]c3c(C)cc(C(=O)O)nc32)c1. The molecule has 0 bridgehead atoms. The van der Waals surface area contributed by atoms with Gasteiger partial charge in [-0.05, 0) is 55.8 Å². The van der Waals surface area contributed by atoms with Gasteiger partial charge in [-0.25, -0.2) is 27.6 Å². The maximum Gasteiger partial charge on any atom is 0.354 e. The molecule has 2 aromatic carbocycles. The lowest BCUT2D eigenvalue weighted by atomic mass is 10.2. The standard InChI is InChI=1S/C23H21ClN4O6S/c1-4-27(17-7-5-6-8-19(17)34-3)35(32,33)14-9-10-15(24)18(12-14)28-21-20(26-23(28)31)13(2)11-16(25-21)22(29)30/h5-12H,4H2,1-3H3,(H,26,31)(H,29,30). The van der Waals surface area contributed by atoms with Crippen LogP contribution in [-0.2, 0) is 10.0 Å². The number of nitrogens with one attached hydrogen (secondary N) is 1. The Labute approximate surface area is 205 Å². The molecule has 0 spiro atoms. The van der Waals surface area contributed by atoms with Gasteiger partial charge < -0.3 is 14.8 Å². The topological polar surface area (TPSA) is 135 Å². The van der Waals surface area contributed by atoms with Crippen LogP contribution in [0.3, 0.4) is 0 Å². The number of imidazole rings is 1. The van der Waals surface area contributed by atoms with Gasteiger partial charge in [0.25, 0.3) is 10.0 Å². The van der Waals surface area contributed by atoms with Crippen molar-refractivity contribution in [2.24, 2.45) is 0 Å². The van der Waals surface area contributed by atoms with Crippen molar-refractivity contribution in [1.29, 1.82) is 0 Å². The van der Waals surface area contributed by atoms with E-state index in [0.29, 0.717) is 22.5 Å². The van der Waals surface area contributed by atoms with Crippen molar-refractivity contribution in [3.05, 3.63) is 75.3 Å². The molecule has 0 aliphatic rings. The minimum atomic E-state index is -4.11. The van der Waals surface area contributed by atoms with Crippen LogP contribution in [0.5, 0.6) is 5.75 Å². The first kappa shape index (κ1) is 24.3. The number of ether oxygens (including phenoxy) is 1. The summed E-state index contributed by atoms with van der Waals surface area (Å²) in [5, 5.41) is 9.48. The van der Waals surface area contributed by atoms with Crippen molar-refractivity contribution in [1.82, 2.24) is 14.5 Å². The number of aromatic amines is 1. The number of pyridine rings is 1. The van der Waals surface area contributed by atoms with E-state index in [1.807, 2.05) is 0 Å². The first-order valence-corrected chi connectivity index (χ1v) is 12.2. The first-order valence-electron chi connectivity index (χ1n) is 10.4. The summed E-state index contributed by atoms with van der Waals surface area (Å²) < 4.78 is 34.9. The molecule has 2 N–H and O–H groups in total. The van der Waals surface area contributed by atoms with Crippen LogP contribution in [0.25, 0.3) is 16.9 Å². The lowest BCUT2D eigenvalue weighted by molar-refractivity contribution is 0.0690. The number of anilines is 1. The van der Waals surface area contributed by atoms with Gasteiger partial charge in [0.05, 0.1) is 33.9 Å². The molecule has 0 atom stereocenters. The molecule has 4 aromatic rings. The Hall–Kier alpha value is -3.83. The van der Waals surface area contributed by atoms with Crippen molar-refractivity contribution < 1.29 is 23.1 Å². The zero-order valence-electron chi connectivity index (χ0n) is 18.9. The predicted molar refractivity (Wildman–Crippen MR) is 132 cm³/mol. The van der Waals surface area contributed by atoms with Crippen molar-refractivity contribution in [2.75, 3.05) is 18.0 Å². The number of nitrogens with zero attached hydrogens (tertiary/aromatic N) is 3. The van der Waals surface area contributed by atoms with E-state index in [2.05, 4.69) is 9.97 Å². The highest BCUT2D eigenvalue weighted by molar-refractivity contribution is 7.92. The molecule has 35 heavy (non-hydrogen) atoms. The number of rotatable bonds is 7. The number of halogens is 1. The summed E-state index contributed by atoms with van der Waals surface area (Å²) in [7, 11) is -2.66. The maximum absolute atomic E-state index is 13.6. The van der Waals surface area contributed by atoms with Crippen LogP contribution >= 0.6 is 11.6 Å². The van der Waals surface area contributed by atoms with E-state index < -0.39 is 21.7 Å². The van der Waals surface area contributed by atoms with Gasteiger partial charge in [0.2, 0.25) is 0 Å². The minimum Gasteiger partial charge on any atom is -0.495 e. The van der Waals surface area contributed by atoms with Gasteiger partial charge in [0.15, 0.2) is 11.3 Å². The van der Waals surface area contributed by atoms with E-state index >= 15 is 0 Å². The van der Waals surface area contributed by atoms with Crippen LogP contribution in [0.4, 0.5) is 5.69 Å². The highest BCUT2D eigenvalue weighted by atomic mass is 35.5. The Balaban J connectivity index is 1.93. The number of hydrogen-bond donors (Lipinski definition) is 2. The third kappa shape index (κ3) is 4.13. The molecule has 0 aliphatic carbocycles. The number of carbonyl (C=O) groups is 1. The minimum absolute atomic E-state index is 0.0147. The lowest BCUT2D eigenvalue weighted by Crippen LogP contribution is -2.31. The number of sulfonamides is 1. The van der Waals surface area contributed by atoms with Crippen molar-refractivity contribution in [3.63, 3.8) is 0 Å². The molecular weight excluding hydrogens is 496 g/mol. The molecule has 2 heterocycles. The zero-order valence-corrected chi connectivity index (χ0v) is 20.5. The Morgan fingerprint density at radius 3 is 2.60 bits per heavy atom. The molecule has 12 heteroatoms. The number of carboxylic acid groups (broad SMARTS) is 1. The second-order valence-corrected chi connectivity index (χ2v) is 9.82. The number of aromatic carboxylic acids is 1. The number of benzene rings is 2. The molecule has 4 rings (SSSR count). The summed E-state index contributed by atoms with van der Waals surface area (Å²) in [6, 6.07) is 12.0. The molecule has 0 unspecified atom stereocenters. The Kier molecular flexibility index (Phi) is 6.30. The smallest absolute Gasteiger partial charge is 0.354 e. The molecular formula is C23H21ClN4O6S. The number of H-pyrrole nitrogens is 1. The lowest BCUT2D eigenvalue weighted by Gasteiger charge is -2.25. The van der Waals surface area contributed by atoms with Crippen molar-refractivity contribution in [3.8, 4) is 11.4 Å². The molecule has 0 amide bonds. The molecule has 10 nitrogen and oxygen atoms in total. The van der Waals surface area contributed by atoms with Gasteiger partial charge in [-0.3, -0.25) is 4.31 Å². The van der Waals surface area contributed by atoms with E-state index in [4.69, 9.17) is 16.3 Å². The van der Waals surface area contributed by atoms with Gasteiger partial charge in [0.1, 0.15) is 5.75 Å². The fourth-order valence-corrected chi connectivity index (χ4v) is 5.53. The molecule has 182 valence electrons. The summed E-state index contributed by atoms with van der Waals surface area (Å²) >= 11 is 6.38. The van der Waals surface area contributed by atoms with Gasteiger partial charge in [-0.2, -0.15) is 0 Å². The van der Waals surface area contributed by atoms with Crippen LogP contribution < -0.4 is 14.7 Å². The quantitative estimate of drug-likeness (QED) is 0.383. The Morgan fingerprint density at radius 1 is 1.23 bits per heavy atom. The van der Waals surface area contributed by atoms with Gasteiger partial charge in [-0.15, -0.1) is 0 Å². The van der Waals surface area contributed by atoms with E-state index in [1.165, 1.54) is 35.7 Å². The summed E-state index contributed by atoms with van der Waals surface area (Å²) in [4.78, 5) is 31.0. The maximum atomic E-state index is 13.6. The normalized spacial score (nSPS) is 11.5. The van der Waals surface area contributed by atoms with Crippen LogP contribution in [0, 0.1) is 6.92 Å². The van der Waals surface area contributed by atoms with Crippen LogP contribution in [0.2, 0.25) is 5.02 Å². The molecule has 0 saturated heterocycles. The monoisotopic (exact) mass is 516 g/mol. The van der Waals surface area contributed by atoms with Gasteiger partial charge >= 0.3 is 11.7 Å². The number of hydrogen-bond acceptors (Lipinski definition) is 6. The third-order valence-electron chi connectivity index (χ3n) is 5.45. The van der Waals surface area contributed by atoms with E-state index in [0.717, 1.165) is 4.57 Å². The second-order valence-electron chi connectivity index (χ2n) is 7.55. The number of para-hydroxylation sites is 2. The summed E-state index contributed by atoms with van der Waals surface area (Å²) in [5.74, 6) is -0.895. The molecule has 0 fully saturated rings. The largest absolute Gasteiger partial charge is 0.495 e. The van der Waals surface area contributed by atoms with Crippen LogP contribution in [-0.4, -0.2) is 47.7 Å². The fourth-order valence-electron chi connectivity index (χ4n) is 3.82. The molecule has 0 aliphatic heterocycles. The average Bonchev–Trinajstić information content (AvgIpc) is 3.16. The number of methoxy groups -OCH3 is 1. The van der Waals surface area contributed by atoms with Crippen molar-refractivity contribution in [2.45, 2.75) is 18.7 Å². The number of aryl methyl sites for hydroxylation is 1. The van der Waals surface area contributed by atoms with Gasteiger partial charge in [-0.1, -0.05) is 23.7 Å². The zero-order chi connectivity index (χ0) is 25.5. The van der Waals surface area contributed by atoms with E-state index in [-0.39, 0.29) is 33.5 Å². The third-order valence-corrected chi connectivity index (χ3v) is 7.66. The highest BCUT2D eigenvalue weighted by Gasteiger charge is 2.27. The first-order chi connectivity index (χ1) is 16.6. The predicted octanol–water partition coefficient (Wildman–Crippen LogP) is 3.60. The summed E-state index contributed by atoms with van der Waals surface area (Å²) in [6.45, 7) is 3.42. The molecule has 0 saturated carbocycles. The van der Waals surface area contributed by atoms with Gasteiger partial charge in [0, 0.05) is 6.54 Å². The van der Waals surface area contributed by atoms with E-state index in [9.17, 15) is 23.1 Å². The fraction of sp³-hybridized carbons (Fsp3) is 0.174. The number of fused-ring (bicyclic) bond motifs is 1. The van der Waals surface area contributed by atoms with E-state index in [1.54, 1.807) is 38.1 Å². The summed E-state index contributed by atoms with van der Waals surface area (Å²) in [5.41, 5.74) is 0.282. The number of aromatic nitrogens is 3. The molecule has 0 radical (unpaired) electrons. The highest BCUT2D eigenvalue weighted by Crippen LogP contribution is 2.34. The second kappa shape index (κ2) is 9.08. The molecule has 2 aromatic heterocycles. The summed E-state index contributed by atoms with van der Waals surface area (Å²) in [6.07, 6.45) is 0. The van der Waals surface area contributed by atoms with Crippen molar-refractivity contribution >= 4 is 44.4 Å². The Morgan fingerprint density at radius 2 is 1.94 bits per heavy atom. The van der Waals surface area contributed by atoms with Crippen LogP contribution in [0.15, 0.2) is 58.2 Å². The van der Waals surface area contributed by atoms with Crippen LogP contribution in [0.1, 0.15) is 23.0 Å². The number of carboxylic acids is 1. The Bertz CT molecular complexity index is 1630. The average molecular weight is 517 g/mol.